The molecular weight excluding hydrogens is 258 g/mol. The van der Waals surface area contributed by atoms with Crippen molar-refractivity contribution in [2.45, 2.75) is 18.9 Å². The van der Waals surface area contributed by atoms with E-state index in [2.05, 4.69) is 0 Å². The quantitative estimate of drug-likeness (QED) is 0.821. The van der Waals surface area contributed by atoms with Gasteiger partial charge in [0.2, 0.25) is 0 Å². The van der Waals surface area contributed by atoms with Gasteiger partial charge in [0.05, 0.1) is 10.7 Å². The molecule has 3 rings (SSSR count). The average molecular weight is 272 g/mol. The predicted molar refractivity (Wildman–Crippen MR) is 77.7 cm³/mol. The standard InChI is InChI=1S/C16H14ClNO/c17-14-8-4-5-9-15(14)18(13-10-11-13)16(19)12-6-2-1-3-7-12/h1-9,13H,10-11H2. The Morgan fingerprint density at radius 3 is 2.26 bits per heavy atom. The van der Waals surface area contributed by atoms with E-state index in [1.165, 1.54) is 0 Å². The van der Waals surface area contributed by atoms with Crippen molar-refractivity contribution >= 4 is 23.2 Å². The Morgan fingerprint density at radius 2 is 1.63 bits per heavy atom. The zero-order valence-electron chi connectivity index (χ0n) is 10.4. The van der Waals surface area contributed by atoms with Gasteiger partial charge in [0.25, 0.3) is 5.91 Å². The topological polar surface area (TPSA) is 20.3 Å². The van der Waals surface area contributed by atoms with Crippen LogP contribution < -0.4 is 4.90 Å². The van der Waals surface area contributed by atoms with Crippen LogP contribution in [-0.4, -0.2) is 11.9 Å². The third-order valence-corrected chi connectivity index (χ3v) is 3.58. The predicted octanol–water partition coefficient (Wildman–Crippen LogP) is 4.15. The van der Waals surface area contributed by atoms with Crippen LogP contribution in [0.25, 0.3) is 0 Å². The number of amides is 1. The van der Waals surface area contributed by atoms with E-state index in [1.807, 2.05) is 59.5 Å². The summed E-state index contributed by atoms with van der Waals surface area (Å²) in [6.07, 6.45) is 2.09. The Balaban J connectivity index is 1.99. The molecule has 2 aromatic carbocycles. The molecule has 2 nitrogen and oxygen atoms in total. The number of benzene rings is 2. The summed E-state index contributed by atoms with van der Waals surface area (Å²) >= 11 is 6.23. The molecule has 2 aromatic rings. The Kier molecular flexibility index (Phi) is 3.26. The second kappa shape index (κ2) is 5.06. The summed E-state index contributed by atoms with van der Waals surface area (Å²) in [5.74, 6) is 0.0243. The molecule has 0 saturated heterocycles. The normalized spacial score (nSPS) is 14.2. The van der Waals surface area contributed by atoms with Gasteiger partial charge in [-0.1, -0.05) is 41.9 Å². The minimum atomic E-state index is 0.0243. The Morgan fingerprint density at radius 1 is 1.00 bits per heavy atom. The maximum Gasteiger partial charge on any atom is 0.258 e. The van der Waals surface area contributed by atoms with Crippen LogP contribution >= 0.6 is 11.6 Å². The maximum absolute atomic E-state index is 12.6. The molecule has 1 amide bonds. The Bertz CT molecular complexity index is 593. The highest BCUT2D eigenvalue weighted by Crippen LogP contribution is 2.36. The lowest BCUT2D eigenvalue weighted by Crippen LogP contribution is -2.33. The van der Waals surface area contributed by atoms with E-state index in [-0.39, 0.29) is 11.9 Å². The zero-order chi connectivity index (χ0) is 13.2. The minimum Gasteiger partial charge on any atom is -0.304 e. The summed E-state index contributed by atoms with van der Waals surface area (Å²) in [6, 6.07) is 17.2. The Hall–Kier alpha value is -1.80. The van der Waals surface area contributed by atoms with Crippen LogP contribution in [0.1, 0.15) is 23.2 Å². The van der Waals surface area contributed by atoms with Gasteiger partial charge in [-0.15, -0.1) is 0 Å². The number of carbonyl (C=O) groups excluding carboxylic acids is 1. The first-order chi connectivity index (χ1) is 9.27. The molecule has 0 unspecified atom stereocenters. The molecule has 3 heteroatoms. The van der Waals surface area contributed by atoms with E-state index in [1.54, 1.807) is 0 Å². The van der Waals surface area contributed by atoms with Crippen LogP contribution in [0.2, 0.25) is 5.02 Å². The number of hydrogen-bond acceptors (Lipinski definition) is 1. The van der Waals surface area contributed by atoms with Crippen molar-refractivity contribution in [3.8, 4) is 0 Å². The van der Waals surface area contributed by atoms with Gasteiger partial charge in [-0.25, -0.2) is 0 Å². The highest BCUT2D eigenvalue weighted by molar-refractivity contribution is 6.34. The number of nitrogens with zero attached hydrogens (tertiary/aromatic N) is 1. The van der Waals surface area contributed by atoms with Crippen LogP contribution in [0, 0.1) is 0 Å². The lowest BCUT2D eigenvalue weighted by Gasteiger charge is -2.23. The molecule has 0 atom stereocenters. The highest BCUT2D eigenvalue weighted by atomic mass is 35.5. The number of halogens is 1. The van der Waals surface area contributed by atoms with Gasteiger partial charge in [-0.05, 0) is 37.1 Å². The number of hydrogen-bond donors (Lipinski definition) is 0. The molecule has 0 aliphatic heterocycles. The van der Waals surface area contributed by atoms with E-state index in [9.17, 15) is 4.79 Å². The summed E-state index contributed by atoms with van der Waals surface area (Å²) in [4.78, 5) is 14.5. The van der Waals surface area contributed by atoms with Crippen molar-refractivity contribution in [2.24, 2.45) is 0 Å². The summed E-state index contributed by atoms with van der Waals surface area (Å²) in [5.41, 5.74) is 1.51. The molecule has 0 N–H and O–H groups in total. The van der Waals surface area contributed by atoms with Gasteiger partial charge in [0, 0.05) is 11.6 Å². The first-order valence-corrected chi connectivity index (χ1v) is 6.78. The van der Waals surface area contributed by atoms with Crippen molar-refractivity contribution < 1.29 is 4.79 Å². The second-order valence-corrected chi connectivity index (χ2v) is 5.13. The van der Waals surface area contributed by atoms with E-state index in [0.717, 1.165) is 18.5 Å². The molecule has 1 aliphatic carbocycles. The molecule has 0 spiro atoms. The van der Waals surface area contributed by atoms with E-state index in [0.29, 0.717) is 10.6 Å². The van der Waals surface area contributed by atoms with Crippen molar-refractivity contribution in [3.05, 3.63) is 65.2 Å². The van der Waals surface area contributed by atoms with Gasteiger partial charge in [0.1, 0.15) is 0 Å². The molecule has 0 radical (unpaired) electrons. The van der Waals surface area contributed by atoms with Crippen molar-refractivity contribution in [2.75, 3.05) is 4.90 Å². The summed E-state index contributed by atoms with van der Waals surface area (Å²) < 4.78 is 0. The zero-order valence-corrected chi connectivity index (χ0v) is 11.2. The molecule has 19 heavy (non-hydrogen) atoms. The van der Waals surface area contributed by atoms with Gasteiger partial charge in [-0.2, -0.15) is 0 Å². The maximum atomic E-state index is 12.6. The van der Waals surface area contributed by atoms with Gasteiger partial charge < -0.3 is 4.90 Å². The molecule has 1 fully saturated rings. The van der Waals surface area contributed by atoms with Crippen molar-refractivity contribution in [1.82, 2.24) is 0 Å². The number of carbonyl (C=O) groups is 1. The van der Waals surface area contributed by atoms with E-state index >= 15 is 0 Å². The molecule has 0 aromatic heterocycles. The first-order valence-electron chi connectivity index (χ1n) is 6.40. The van der Waals surface area contributed by atoms with E-state index < -0.39 is 0 Å². The summed E-state index contributed by atoms with van der Waals surface area (Å²) in [6.45, 7) is 0. The SMILES string of the molecule is O=C(c1ccccc1)N(c1ccccc1Cl)C1CC1. The van der Waals surface area contributed by atoms with Gasteiger partial charge in [-0.3, -0.25) is 4.79 Å². The Labute approximate surface area is 117 Å². The third-order valence-electron chi connectivity index (χ3n) is 3.26. The summed E-state index contributed by atoms with van der Waals surface area (Å²) in [5, 5.41) is 0.624. The lowest BCUT2D eigenvalue weighted by atomic mass is 10.1. The van der Waals surface area contributed by atoms with Crippen LogP contribution in [0.5, 0.6) is 0 Å². The van der Waals surface area contributed by atoms with E-state index in [4.69, 9.17) is 11.6 Å². The molecular formula is C16H14ClNO. The molecule has 0 heterocycles. The monoisotopic (exact) mass is 271 g/mol. The van der Waals surface area contributed by atoms with Gasteiger partial charge in [0.15, 0.2) is 0 Å². The number of anilines is 1. The fraction of sp³-hybridized carbons (Fsp3) is 0.188. The largest absolute Gasteiger partial charge is 0.304 e. The van der Waals surface area contributed by atoms with Crippen LogP contribution in [0.4, 0.5) is 5.69 Å². The van der Waals surface area contributed by atoms with Crippen LogP contribution in [0.15, 0.2) is 54.6 Å². The first kappa shape index (κ1) is 12.2. The van der Waals surface area contributed by atoms with Crippen LogP contribution in [-0.2, 0) is 0 Å². The average Bonchev–Trinajstić information content (AvgIpc) is 3.27. The molecule has 1 aliphatic rings. The molecule has 96 valence electrons. The second-order valence-electron chi connectivity index (χ2n) is 4.72. The third kappa shape index (κ3) is 2.49. The fourth-order valence-corrected chi connectivity index (χ4v) is 2.40. The minimum absolute atomic E-state index is 0.0243. The lowest BCUT2D eigenvalue weighted by molar-refractivity contribution is 0.0985. The molecule has 0 bridgehead atoms. The molecule has 1 saturated carbocycles. The van der Waals surface area contributed by atoms with Gasteiger partial charge >= 0.3 is 0 Å². The van der Waals surface area contributed by atoms with Crippen LogP contribution in [0.3, 0.4) is 0 Å². The summed E-state index contributed by atoms with van der Waals surface area (Å²) in [7, 11) is 0. The van der Waals surface area contributed by atoms with Crippen molar-refractivity contribution in [3.63, 3.8) is 0 Å². The number of rotatable bonds is 3. The van der Waals surface area contributed by atoms with Crippen molar-refractivity contribution in [1.29, 1.82) is 0 Å². The number of para-hydroxylation sites is 1. The fourth-order valence-electron chi connectivity index (χ4n) is 2.17. The smallest absolute Gasteiger partial charge is 0.258 e. The highest BCUT2D eigenvalue weighted by Gasteiger charge is 2.35.